The molecular formula is C15H21NS. The van der Waals surface area contributed by atoms with E-state index in [0.29, 0.717) is 11.3 Å². The van der Waals surface area contributed by atoms with Crippen molar-refractivity contribution >= 4 is 11.8 Å². The second-order valence-electron chi connectivity index (χ2n) is 4.58. The van der Waals surface area contributed by atoms with Crippen LogP contribution >= 0.6 is 11.8 Å². The molecule has 2 unspecified atom stereocenters. The van der Waals surface area contributed by atoms with Crippen molar-refractivity contribution in [1.29, 1.82) is 0 Å². The zero-order chi connectivity index (χ0) is 12.1. The van der Waals surface area contributed by atoms with Crippen LogP contribution in [0.5, 0.6) is 0 Å². The van der Waals surface area contributed by atoms with Crippen molar-refractivity contribution in [2.45, 2.75) is 41.9 Å². The van der Waals surface area contributed by atoms with Crippen LogP contribution in [0, 0.1) is 0 Å². The molecule has 1 aliphatic heterocycles. The van der Waals surface area contributed by atoms with Gasteiger partial charge in [-0.3, -0.25) is 0 Å². The highest BCUT2D eigenvalue weighted by Gasteiger charge is 2.27. The van der Waals surface area contributed by atoms with E-state index in [9.17, 15) is 0 Å². The van der Waals surface area contributed by atoms with Crippen LogP contribution in [-0.4, -0.2) is 18.3 Å². The highest BCUT2D eigenvalue weighted by molar-refractivity contribution is 8.00. The maximum Gasteiger partial charge on any atom is 0.0289 e. The van der Waals surface area contributed by atoms with Crippen LogP contribution in [0.4, 0.5) is 0 Å². The largest absolute Gasteiger partial charge is 0.316 e. The van der Waals surface area contributed by atoms with Gasteiger partial charge in [-0.2, -0.15) is 0 Å². The van der Waals surface area contributed by atoms with Gasteiger partial charge in [0.1, 0.15) is 0 Å². The van der Waals surface area contributed by atoms with E-state index in [1.165, 1.54) is 29.7 Å². The second-order valence-corrected chi connectivity index (χ2v) is 5.86. The lowest BCUT2D eigenvalue weighted by molar-refractivity contribution is 0.490. The molecule has 2 atom stereocenters. The molecule has 1 nitrogen and oxygen atoms in total. The fraction of sp³-hybridized carbons (Fsp3) is 0.467. The number of hydrogen-bond donors (Lipinski definition) is 1. The monoisotopic (exact) mass is 247 g/mol. The predicted octanol–water partition coefficient (Wildman–Crippen LogP) is 3.65. The molecule has 0 aliphatic carbocycles. The molecule has 2 rings (SSSR count). The lowest BCUT2D eigenvalue weighted by Gasteiger charge is -2.22. The van der Waals surface area contributed by atoms with E-state index in [2.05, 4.69) is 43.2 Å². The summed E-state index contributed by atoms with van der Waals surface area (Å²) in [6.45, 7) is 3.79. The fourth-order valence-corrected chi connectivity index (χ4v) is 3.92. The molecule has 1 heterocycles. The number of thioether (sulfide) groups is 1. The molecule has 1 aliphatic rings. The molecule has 0 spiro atoms. The number of hydrogen-bond acceptors (Lipinski definition) is 2. The van der Waals surface area contributed by atoms with Crippen LogP contribution in [0.1, 0.15) is 24.8 Å². The molecule has 0 fully saturated rings. The summed E-state index contributed by atoms with van der Waals surface area (Å²) in [5.74, 6) is 0. The van der Waals surface area contributed by atoms with Gasteiger partial charge in [-0.25, -0.2) is 0 Å². The maximum absolute atomic E-state index is 3.79. The Hall–Kier alpha value is -0.730. The minimum absolute atomic E-state index is 0.618. The number of allylic oxidation sites excluding steroid dienone is 1. The minimum Gasteiger partial charge on any atom is -0.316 e. The van der Waals surface area contributed by atoms with Crippen molar-refractivity contribution in [1.82, 2.24) is 5.32 Å². The molecule has 1 aromatic carbocycles. The highest BCUT2D eigenvalue weighted by atomic mass is 32.2. The Kier molecular flexibility index (Phi) is 4.69. The molecule has 0 amide bonds. The Morgan fingerprint density at radius 2 is 2.35 bits per heavy atom. The van der Waals surface area contributed by atoms with Crippen LogP contribution in [0.25, 0.3) is 0 Å². The summed E-state index contributed by atoms with van der Waals surface area (Å²) < 4.78 is 0. The Morgan fingerprint density at radius 1 is 1.53 bits per heavy atom. The average molecular weight is 247 g/mol. The first-order chi connectivity index (χ1) is 8.35. The van der Waals surface area contributed by atoms with Crippen LogP contribution in [-0.2, 0) is 6.42 Å². The lowest BCUT2D eigenvalue weighted by Crippen LogP contribution is -2.35. The molecule has 0 saturated carbocycles. The Morgan fingerprint density at radius 3 is 3.06 bits per heavy atom. The summed E-state index contributed by atoms with van der Waals surface area (Å²) in [6.07, 6.45) is 6.84. The minimum atomic E-state index is 0.618. The van der Waals surface area contributed by atoms with Gasteiger partial charge in [0.15, 0.2) is 0 Å². The van der Waals surface area contributed by atoms with Gasteiger partial charge >= 0.3 is 0 Å². The Bertz CT molecular complexity index is 350. The van der Waals surface area contributed by atoms with Crippen LogP contribution < -0.4 is 5.32 Å². The van der Waals surface area contributed by atoms with Crippen molar-refractivity contribution in [3.63, 3.8) is 0 Å². The summed E-state index contributed by atoms with van der Waals surface area (Å²) in [5, 5.41) is 4.18. The number of benzene rings is 1. The van der Waals surface area contributed by atoms with Crippen molar-refractivity contribution in [2.75, 3.05) is 7.05 Å². The second kappa shape index (κ2) is 6.27. The number of unbranched alkanes of at least 4 members (excludes halogenated alkanes) is 1. The van der Waals surface area contributed by atoms with Gasteiger partial charge in [0.05, 0.1) is 0 Å². The van der Waals surface area contributed by atoms with Gasteiger partial charge in [-0.1, -0.05) is 24.3 Å². The van der Waals surface area contributed by atoms with Gasteiger partial charge in [0, 0.05) is 16.2 Å². The molecule has 0 saturated heterocycles. The SMILES string of the molecule is C=CCCCC(NC)C1Cc2ccccc2S1. The zero-order valence-electron chi connectivity index (χ0n) is 10.5. The van der Waals surface area contributed by atoms with Crippen LogP contribution in [0.3, 0.4) is 0 Å². The van der Waals surface area contributed by atoms with Crippen LogP contribution in [0.2, 0.25) is 0 Å². The summed E-state index contributed by atoms with van der Waals surface area (Å²) in [6, 6.07) is 9.41. The standard InChI is InChI=1S/C15H21NS/c1-3-4-5-9-13(16-2)15-11-12-8-6-7-10-14(12)17-15/h3,6-8,10,13,15-16H,1,4-5,9,11H2,2H3. The summed E-state index contributed by atoms with van der Waals surface area (Å²) in [4.78, 5) is 1.47. The van der Waals surface area contributed by atoms with Gasteiger partial charge in [-0.05, 0) is 44.4 Å². The van der Waals surface area contributed by atoms with Gasteiger partial charge in [-0.15, -0.1) is 18.3 Å². The third-order valence-electron chi connectivity index (χ3n) is 3.42. The van der Waals surface area contributed by atoms with Crippen molar-refractivity contribution < 1.29 is 0 Å². The van der Waals surface area contributed by atoms with E-state index in [-0.39, 0.29) is 0 Å². The first kappa shape index (κ1) is 12.7. The number of rotatable bonds is 6. The Balaban J connectivity index is 1.93. The molecule has 2 heteroatoms. The van der Waals surface area contributed by atoms with E-state index in [1.807, 2.05) is 17.8 Å². The van der Waals surface area contributed by atoms with Crippen LogP contribution in [0.15, 0.2) is 41.8 Å². The third kappa shape index (κ3) is 3.14. The molecular weight excluding hydrogens is 226 g/mol. The fourth-order valence-electron chi connectivity index (χ4n) is 2.43. The molecule has 1 aromatic rings. The lowest BCUT2D eigenvalue weighted by atomic mass is 10.0. The first-order valence-electron chi connectivity index (χ1n) is 6.38. The van der Waals surface area contributed by atoms with Crippen molar-refractivity contribution in [2.24, 2.45) is 0 Å². The van der Waals surface area contributed by atoms with E-state index in [4.69, 9.17) is 0 Å². The number of fused-ring (bicyclic) bond motifs is 1. The third-order valence-corrected chi connectivity index (χ3v) is 4.87. The molecule has 0 radical (unpaired) electrons. The van der Waals surface area contributed by atoms with E-state index >= 15 is 0 Å². The van der Waals surface area contributed by atoms with E-state index in [0.717, 1.165) is 6.42 Å². The highest BCUT2D eigenvalue weighted by Crippen LogP contribution is 2.39. The summed E-state index contributed by atoms with van der Waals surface area (Å²) >= 11 is 2.04. The smallest absolute Gasteiger partial charge is 0.0289 e. The van der Waals surface area contributed by atoms with Gasteiger partial charge < -0.3 is 5.32 Å². The molecule has 17 heavy (non-hydrogen) atoms. The quantitative estimate of drug-likeness (QED) is 0.608. The molecule has 0 bridgehead atoms. The molecule has 0 aromatic heterocycles. The summed E-state index contributed by atoms with van der Waals surface area (Å²) in [7, 11) is 2.09. The average Bonchev–Trinajstić information content (AvgIpc) is 2.78. The van der Waals surface area contributed by atoms with Crippen molar-refractivity contribution in [3.05, 3.63) is 42.5 Å². The molecule has 1 N–H and O–H groups in total. The number of nitrogens with one attached hydrogen (secondary N) is 1. The van der Waals surface area contributed by atoms with Gasteiger partial charge in [0.25, 0.3) is 0 Å². The Labute approximate surface area is 109 Å². The predicted molar refractivity (Wildman–Crippen MR) is 76.7 cm³/mol. The van der Waals surface area contributed by atoms with Crippen molar-refractivity contribution in [3.8, 4) is 0 Å². The summed E-state index contributed by atoms with van der Waals surface area (Å²) in [5.41, 5.74) is 1.52. The molecule has 92 valence electrons. The topological polar surface area (TPSA) is 12.0 Å². The maximum atomic E-state index is 3.79. The van der Waals surface area contributed by atoms with E-state index < -0.39 is 0 Å². The van der Waals surface area contributed by atoms with Gasteiger partial charge in [0.2, 0.25) is 0 Å². The first-order valence-corrected chi connectivity index (χ1v) is 7.26. The normalized spacial score (nSPS) is 19.9. The van der Waals surface area contributed by atoms with E-state index in [1.54, 1.807) is 0 Å². The zero-order valence-corrected chi connectivity index (χ0v) is 11.3.